The van der Waals surface area contributed by atoms with Crippen molar-refractivity contribution in [2.24, 2.45) is 0 Å². The number of para-hydroxylation sites is 1. The maximum absolute atomic E-state index is 12.7. The molecule has 0 bridgehead atoms. The van der Waals surface area contributed by atoms with Crippen molar-refractivity contribution in [1.82, 2.24) is 9.55 Å². The van der Waals surface area contributed by atoms with Gasteiger partial charge in [-0.05, 0) is 59.8 Å². The number of nitrogens with one attached hydrogen (secondary N) is 1. The van der Waals surface area contributed by atoms with E-state index >= 15 is 0 Å². The number of hydrogen-bond donors (Lipinski definition) is 1. The van der Waals surface area contributed by atoms with Crippen LogP contribution in [0.4, 0.5) is 0 Å². The third-order valence-electron chi connectivity index (χ3n) is 3.85. The highest BCUT2D eigenvalue weighted by Crippen LogP contribution is 2.27. The van der Waals surface area contributed by atoms with Gasteiger partial charge in [-0.2, -0.15) is 0 Å². The average molecular weight is 386 g/mol. The number of halogens is 1. The van der Waals surface area contributed by atoms with Crippen LogP contribution < -0.4 is 5.56 Å². The van der Waals surface area contributed by atoms with Crippen LogP contribution in [0.2, 0.25) is 0 Å². The van der Waals surface area contributed by atoms with Crippen molar-refractivity contribution in [3.63, 3.8) is 0 Å². The first-order valence-electron chi connectivity index (χ1n) is 6.61. The van der Waals surface area contributed by atoms with Crippen LogP contribution in [0.25, 0.3) is 10.9 Å². The molecule has 1 saturated carbocycles. The fourth-order valence-electron chi connectivity index (χ4n) is 2.89. The first-order chi connectivity index (χ1) is 9.18. The monoisotopic (exact) mass is 386 g/mol. The topological polar surface area (TPSA) is 37.8 Å². The van der Waals surface area contributed by atoms with Gasteiger partial charge >= 0.3 is 0 Å². The standard InChI is InChI=1S/C14H15IN2OS/c15-11-8-4-7-10-12(11)16-14(19)17(13(10)18)9-5-2-1-3-6-9/h4,7-9H,1-3,5-6H2,(H,16,19). The quantitative estimate of drug-likeness (QED) is 0.590. The summed E-state index contributed by atoms with van der Waals surface area (Å²) in [6, 6.07) is 6.06. The minimum atomic E-state index is 0.0594. The van der Waals surface area contributed by atoms with E-state index in [0.717, 1.165) is 27.3 Å². The average Bonchev–Trinajstić information content (AvgIpc) is 2.41. The number of aromatic amines is 1. The Hall–Kier alpha value is -0.690. The van der Waals surface area contributed by atoms with Crippen LogP contribution in [0.1, 0.15) is 38.1 Å². The lowest BCUT2D eigenvalue weighted by Gasteiger charge is -2.24. The highest BCUT2D eigenvalue weighted by molar-refractivity contribution is 14.1. The molecule has 1 heterocycles. The maximum Gasteiger partial charge on any atom is 0.262 e. The highest BCUT2D eigenvalue weighted by Gasteiger charge is 2.19. The van der Waals surface area contributed by atoms with Gasteiger partial charge in [-0.1, -0.05) is 25.3 Å². The molecule has 3 rings (SSSR count). The van der Waals surface area contributed by atoms with Gasteiger partial charge in [0.25, 0.3) is 5.56 Å². The first-order valence-corrected chi connectivity index (χ1v) is 8.10. The van der Waals surface area contributed by atoms with E-state index in [-0.39, 0.29) is 11.6 Å². The fraction of sp³-hybridized carbons (Fsp3) is 0.429. The lowest BCUT2D eigenvalue weighted by Crippen LogP contribution is -2.28. The smallest absolute Gasteiger partial charge is 0.262 e. The molecule has 0 spiro atoms. The maximum atomic E-state index is 12.7. The van der Waals surface area contributed by atoms with E-state index in [1.165, 1.54) is 19.3 Å². The molecule has 1 N–H and O–H groups in total. The number of rotatable bonds is 1. The van der Waals surface area contributed by atoms with E-state index in [4.69, 9.17) is 12.2 Å². The van der Waals surface area contributed by atoms with Crippen molar-refractivity contribution in [1.29, 1.82) is 0 Å². The Labute approximate surface area is 130 Å². The van der Waals surface area contributed by atoms with E-state index in [2.05, 4.69) is 27.6 Å². The molecule has 1 fully saturated rings. The predicted octanol–water partition coefficient (Wildman–Crippen LogP) is 4.17. The van der Waals surface area contributed by atoms with Crippen molar-refractivity contribution in [3.05, 3.63) is 36.9 Å². The predicted molar refractivity (Wildman–Crippen MR) is 88.2 cm³/mol. The molecule has 100 valence electrons. The normalized spacial score (nSPS) is 16.9. The van der Waals surface area contributed by atoms with Crippen molar-refractivity contribution in [2.75, 3.05) is 0 Å². The van der Waals surface area contributed by atoms with E-state index in [0.29, 0.717) is 4.77 Å². The minimum Gasteiger partial charge on any atom is -0.331 e. The highest BCUT2D eigenvalue weighted by atomic mass is 127. The molecule has 2 aromatic rings. The summed E-state index contributed by atoms with van der Waals surface area (Å²) in [7, 11) is 0. The summed E-state index contributed by atoms with van der Waals surface area (Å²) < 4.78 is 3.40. The zero-order valence-electron chi connectivity index (χ0n) is 10.5. The fourth-order valence-corrected chi connectivity index (χ4v) is 3.86. The molecule has 1 aromatic heterocycles. The Morgan fingerprint density at radius 2 is 2.00 bits per heavy atom. The number of H-pyrrole nitrogens is 1. The Kier molecular flexibility index (Phi) is 3.75. The van der Waals surface area contributed by atoms with Crippen LogP contribution in [0.5, 0.6) is 0 Å². The molecule has 0 unspecified atom stereocenters. The van der Waals surface area contributed by atoms with Gasteiger partial charge in [0, 0.05) is 9.61 Å². The Morgan fingerprint density at radius 3 is 2.74 bits per heavy atom. The molecule has 5 heteroatoms. The summed E-state index contributed by atoms with van der Waals surface area (Å²) in [4.78, 5) is 15.9. The molecule has 0 aliphatic heterocycles. The third kappa shape index (κ3) is 2.38. The van der Waals surface area contributed by atoms with Crippen molar-refractivity contribution in [3.8, 4) is 0 Å². The van der Waals surface area contributed by atoms with Gasteiger partial charge in [-0.25, -0.2) is 0 Å². The van der Waals surface area contributed by atoms with Crippen LogP contribution in [0.3, 0.4) is 0 Å². The van der Waals surface area contributed by atoms with Gasteiger partial charge in [0.2, 0.25) is 0 Å². The molecule has 19 heavy (non-hydrogen) atoms. The summed E-state index contributed by atoms with van der Waals surface area (Å²) in [6.45, 7) is 0. The van der Waals surface area contributed by atoms with Crippen LogP contribution in [0.15, 0.2) is 23.0 Å². The largest absolute Gasteiger partial charge is 0.331 e. The number of hydrogen-bond acceptors (Lipinski definition) is 2. The Balaban J connectivity index is 2.26. The van der Waals surface area contributed by atoms with Gasteiger partial charge in [0.05, 0.1) is 10.9 Å². The van der Waals surface area contributed by atoms with E-state index in [9.17, 15) is 4.79 Å². The van der Waals surface area contributed by atoms with E-state index in [1.807, 2.05) is 18.2 Å². The molecular formula is C14H15IN2OS. The molecule has 0 atom stereocenters. The van der Waals surface area contributed by atoms with Gasteiger partial charge in [0.1, 0.15) is 0 Å². The molecule has 3 nitrogen and oxygen atoms in total. The Bertz CT molecular complexity index is 728. The molecule has 1 aromatic carbocycles. The summed E-state index contributed by atoms with van der Waals surface area (Å²) >= 11 is 7.64. The van der Waals surface area contributed by atoms with Crippen LogP contribution in [-0.2, 0) is 0 Å². The van der Waals surface area contributed by atoms with Crippen molar-refractivity contribution >= 4 is 45.7 Å². The van der Waals surface area contributed by atoms with Gasteiger partial charge < -0.3 is 4.98 Å². The molecule has 1 aliphatic rings. The minimum absolute atomic E-state index is 0.0594. The SMILES string of the molecule is O=c1c2cccc(I)c2[nH]c(=S)n1C1CCCCC1. The summed E-state index contributed by atoms with van der Waals surface area (Å²) in [6.07, 6.45) is 5.78. The van der Waals surface area contributed by atoms with Gasteiger partial charge in [-0.3, -0.25) is 9.36 Å². The van der Waals surface area contributed by atoms with Gasteiger partial charge in [0.15, 0.2) is 4.77 Å². The summed E-state index contributed by atoms with van der Waals surface area (Å²) in [5, 5.41) is 0.742. The second kappa shape index (κ2) is 5.36. The van der Waals surface area contributed by atoms with E-state index in [1.54, 1.807) is 4.57 Å². The number of fused-ring (bicyclic) bond motifs is 1. The second-order valence-corrected chi connectivity index (χ2v) is 6.61. The van der Waals surface area contributed by atoms with Crippen LogP contribution >= 0.6 is 34.8 Å². The lowest BCUT2D eigenvalue weighted by molar-refractivity contribution is 0.342. The number of benzene rings is 1. The van der Waals surface area contributed by atoms with E-state index < -0.39 is 0 Å². The second-order valence-electron chi connectivity index (χ2n) is 5.06. The lowest BCUT2D eigenvalue weighted by atomic mass is 9.95. The van der Waals surface area contributed by atoms with Crippen LogP contribution in [0, 0.1) is 8.34 Å². The molecule has 0 radical (unpaired) electrons. The summed E-state index contributed by atoms with van der Waals surface area (Å²) in [5.41, 5.74) is 0.925. The Morgan fingerprint density at radius 1 is 1.26 bits per heavy atom. The zero-order chi connectivity index (χ0) is 13.4. The summed E-state index contributed by atoms with van der Waals surface area (Å²) in [5.74, 6) is 0. The molecular weight excluding hydrogens is 371 g/mol. The van der Waals surface area contributed by atoms with Crippen molar-refractivity contribution in [2.45, 2.75) is 38.1 Å². The zero-order valence-corrected chi connectivity index (χ0v) is 13.5. The van der Waals surface area contributed by atoms with Gasteiger partial charge in [-0.15, -0.1) is 0 Å². The molecule has 1 aliphatic carbocycles. The number of aromatic nitrogens is 2. The van der Waals surface area contributed by atoms with Crippen LogP contribution in [-0.4, -0.2) is 9.55 Å². The first kappa shape index (κ1) is 13.3. The third-order valence-corrected chi connectivity index (χ3v) is 5.05. The molecule has 0 amide bonds. The number of nitrogens with zero attached hydrogens (tertiary/aromatic N) is 1. The molecule has 0 saturated heterocycles. The van der Waals surface area contributed by atoms with Crippen molar-refractivity contribution < 1.29 is 0 Å².